The van der Waals surface area contributed by atoms with Crippen molar-refractivity contribution in [1.82, 2.24) is 5.32 Å². The molecule has 1 atom stereocenters. The fourth-order valence-electron chi connectivity index (χ4n) is 1.92. The highest BCUT2D eigenvalue weighted by Gasteiger charge is 2.22. The smallest absolute Gasteiger partial charge is 0.244 e. The molecule has 1 amide bonds. The maximum atomic E-state index is 13.1. The highest BCUT2D eigenvalue weighted by molar-refractivity contribution is 5.95. The molecule has 0 radical (unpaired) electrons. The number of hydrogen-bond acceptors (Lipinski definition) is 2. The fraction of sp³-hybridized carbons (Fsp3) is 0.438. The number of aliphatic hydroxyl groups excluding tert-OH is 1. The molecule has 1 aromatic carbocycles. The molecule has 0 spiro atoms. The Morgan fingerprint density at radius 3 is 2.75 bits per heavy atom. The first kappa shape index (κ1) is 16.4. The molecule has 0 aromatic heterocycles. The van der Waals surface area contributed by atoms with Gasteiger partial charge in [0, 0.05) is 18.2 Å². The first-order valence-electron chi connectivity index (χ1n) is 6.77. The Hall–Kier alpha value is -1.68. The maximum Gasteiger partial charge on any atom is 0.244 e. The van der Waals surface area contributed by atoms with Gasteiger partial charge < -0.3 is 10.4 Å². The van der Waals surface area contributed by atoms with Crippen LogP contribution in [-0.2, 0) is 4.79 Å². The van der Waals surface area contributed by atoms with Gasteiger partial charge in [-0.15, -0.1) is 0 Å². The number of amides is 1. The van der Waals surface area contributed by atoms with Crippen molar-refractivity contribution in [3.63, 3.8) is 0 Å². The van der Waals surface area contributed by atoms with Crippen molar-refractivity contribution < 1.29 is 14.3 Å². The topological polar surface area (TPSA) is 49.3 Å². The average molecular weight is 279 g/mol. The number of nitrogens with one attached hydrogen (secondary N) is 1. The molecule has 20 heavy (non-hydrogen) atoms. The minimum Gasteiger partial charge on any atom is -0.396 e. The second kappa shape index (κ2) is 7.20. The van der Waals surface area contributed by atoms with Crippen molar-refractivity contribution in [2.45, 2.75) is 39.2 Å². The third-order valence-corrected chi connectivity index (χ3v) is 3.50. The van der Waals surface area contributed by atoms with Crippen molar-refractivity contribution in [1.29, 1.82) is 0 Å². The molecule has 3 nitrogen and oxygen atoms in total. The van der Waals surface area contributed by atoms with Crippen molar-refractivity contribution in [3.05, 3.63) is 41.7 Å². The highest BCUT2D eigenvalue weighted by Crippen LogP contribution is 2.17. The summed E-state index contributed by atoms with van der Waals surface area (Å²) < 4.78 is 13.1. The van der Waals surface area contributed by atoms with Gasteiger partial charge in [-0.3, -0.25) is 4.79 Å². The van der Waals surface area contributed by atoms with Crippen LogP contribution >= 0.6 is 0 Å². The van der Waals surface area contributed by atoms with E-state index in [0.29, 0.717) is 17.6 Å². The van der Waals surface area contributed by atoms with E-state index < -0.39 is 5.54 Å². The molecule has 110 valence electrons. The van der Waals surface area contributed by atoms with E-state index >= 15 is 0 Å². The van der Waals surface area contributed by atoms with Gasteiger partial charge in [-0.2, -0.15) is 0 Å². The number of hydrogen-bond donors (Lipinski definition) is 2. The molecule has 0 heterocycles. The quantitative estimate of drug-likeness (QED) is 0.787. The molecule has 2 N–H and O–H groups in total. The van der Waals surface area contributed by atoms with E-state index in [0.717, 1.165) is 6.42 Å². The lowest BCUT2D eigenvalue weighted by Gasteiger charge is -2.28. The number of allylic oxidation sites excluding steroid dienone is 1. The van der Waals surface area contributed by atoms with Gasteiger partial charge in [0.05, 0.1) is 0 Å². The SMILES string of the molecule is CCC(C)(CCO)NC(=O)/C=C(/C)c1cccc(F)c1. The van der Waals surface area contributed by atoms with Crippen LogP contribution in [0.2, 0.25) is 0 Å². The number of halogens is 1. The Bertz CT molecular complexity index is 499. The number of carbonyl (C=O) groups is 1. The monoisotopic (exact) mass is 279 g/mol. The Morgan fingerprint density at radius 1 is 1.50 bits per heavy atom. The zero-order valence-electron chi connectivity index (χ0n) is 12.2. The lowest BCUT2D eigenvalue weighted by atomic mass is 9.94. The molecule has 1 rings (SSSR count). The number of rotatable bonds is 6. The van der Waals surface area contributed by atoms with Gasteiger partial charge in [-0.25, -0.2) is 4.39 Å². The first-order valence-corrected chi connectivity index (χ1v) is 6.77. The van der Waals surface area contributed by atoms with Crippen LogP contribution in [-0.4, -0.2) is 23.2 Å². The molecule has 1 aromatic rings. The average Bonchev–Trinajstić information content (AvgIpc) is 2.38. The van der Waals surface area contributed by atoms with E-state index in [9.17, 15) is 9.18 Å². The maximum absolute atomic E-state index is 13.1. The summed E-state index contributed by atoms with van der Waals surface area (Å²) in [6.45, 7) is 5.65. The summed E-state index contributed by atoms with van der Waals surface area (Å²) >= 11 is 0. The predicted molar refractivity (Wildman–Crippen MR) is 78.6 cm³/mol. The van der Waals surface area contributed by atoms with Crippen LogP contribution < -0.4 is 5.32 Å². The lowest BCUT2D eigenvalue weighted by molar-refractivity contribution is -0.118. The molecule has 4 heteroatoms. The number of carbonyl (C=O) groups excluding carboxylic acids is 1. The highest BCUT2D eigenvalue weighted by atomic mass is 19.1. The third kappa shape index (κ3) is 4.78. The second-order valence-electron chi connectivity index (χ2n) is 5.21. The Kier molecular flexibility index (Phi) is 5.89. The van der Waals surface area contributed by atoms with Crippen LogP contribution in [0.15, 0.2) is 30.3 Å². The molecule has 0 bridgehead atoms. The summed E-state index contributed by atoms with van der Waals surface area (Å²) in [5, 5.41) is 11.9. The Balaban J connectivity index is 2.80. The summed E-state index contributed by atoms with van der Waals surface area (Å²) in [5.41, 5.74) is 0.954. The summed E-state index contributed by atoms with van der Waals surface area (Å²) in [5.74, 6) is -0.557. The molecule has 0 saturated heterocycles. The Morgan fingerprint density at radius 2 is 2.20 bits per heavy atom. The van der Waals surface area contributed by atoms with Crippen LogP contribution in [0.25, 0.3) is 5.57 Å². The molecular formula is C16H22FNO2. The van der Waals surface area contributed by atoms with Crippen molar-refractivity contribution in [2.24, 2.45) is 0 Å². The minimum absolute atomic E-state index is 0.0250. The zero-order chi connectivity index (χ0) is 15.2. The summed E-state index contributed by atoms with van der Waals surface area (Å²) in [7, 11) is 0. The van der Waals surface area contributed by atoms with Gasteiger partial charge in [0.2, 0.25) is 5.91 Å². The Labute approximate surface area is 119 Å². The number of benzene rings is 1. The lowest BCUT2D eigenvalue weighted by Crippen LogP contribution is -2.45. The minimum atomic E-state index is -0.426. The molecule has 1 unspecified atom stereocenters. The molecule has 0 aliphatic heterocycles. The van der Waals surface area contributed by atoms with E-state index in [-0.39, 0.29) is 18.3 Å². The van der Waals surface area contributed by atoms with E-state index in [1.165, 1.54) is 18.2 Å². The summed E-state index contributed by atoms with van der Waals surface area (Å²) in [6.07, 6.45) is 2.69. The van der Waals surface area contributed by atoms with Crippen LogP contribution in [0.1, 0.15) is 39.2 Å². The van der Waals surface area contributed by atoms with Crippen molar-refractivity contribution in [2.75, 3.05) is 6.61 Å². The van der Waals surface area contributed by atoms with Crippen LogP contribution in [0.5, 0.6) is 0 Å². The summed E-state index contributed by atoms with van der Waals surface area (Å²) in [6, 6.07) is 6.13. The van der Waals surface area contributed by atoms with E-state index in [4.69, 9.17) is 5.11 Å². The zero-order valence-corrected chi connectivity index (χ0v) is 12.2. The van der Waals surface area contributed by atoms with Crippen molar-refractivity contribution >= 4 is 11.5 Å². The largest absolute Gasteiger partial charge is 0.396 e. The van der Waals surface area contributed by atoms with E-state index in [1.54, 1.807) is 19.1 Å². The molecular weight excluding hydrogens is 257 g/mol. The van der Waals surface area contributed by atoms with Crippen LogP contribution in [0.3, 0.4) is 0 Å². The van der Waals surface area contributed by atoms with Crippen LogP contribution in [0.4, 0.5) is 4.39 Å². The van der Waals surface area contributed by atoms with Gasteiger partial charge in [-0.05, 0) is 50.0 Å². The second-order valence-corrected chi connectivity index (χ2v) is 5.21. The molecule has 0 fully saturated rings. The van der Waals surface area contributed by atoms with E-state index in [2.05, 4.69) is 5.32 Å². The first-order chi connectivity index (χ1) is 9.40. The van der Waals surface area contributed by atoms with Gasteiger partial charge in [0.1, 0.15) is 5.82 Å². The van der Waals surface area contributed by atoms with Crippen molar-refractivity contribution in [3.8, 4) is 0 Å². The van der Waals surface area contributed by atoms with Gasteiger partial charge in [0.15, 0.2) is 0 Å². The standard InChI is InChI=1S/C16H22FNO2/c1-4-16(3,8-9-19)18-15(20)10-12(2)13-6-5-7-14(17)11-13/h5-7,10-11,19H,4,8-9H2,1-3H3,(H,18,20)/b12-10-. The molecule has 0 aliphatic rings. The van der Waals surface area contributed by atoms with Gasteiger partial charge >= 0.3 is 0 Å². The van der Waals surface area contributed by atoms with E-state index in [1.807, 2.05) is 13.8 Å². The van der Waals surface area contributed by atoms with Crippen LogP contribution in [0, 0.1) is 5.82 Å². The number of aliphatic hydroxyl groups is 1. The molecule has 0 aliphatic carbocycles. The normalized spacial score (nSPS) is 14.8. The van der Waals surface area contributed by atoms with Gasteiger partial charge in [-0.1, -0.05) is 19.1 Å². The fourth-order valence-corrected chi connectivity index (χ4v) is 1.92. The summed E-state index contributed by atoms with van der Waals surface area (Å²) in [4.78, 5) is 12.0. The van der Waals surface area contributed by atoms with Gasteiger partial charge in [0.25, 0.3) is 0 Å². The molecule has 0 saturated carbocycles. The predicted octanol–water partition coefficient (Wildman–Crippen LogP) is 2.90. The third-order valence-electron chi connectivity index (χ3n) is 3.50.